The van der Waals surface area contributed by atoms with Crippen molar-refractivity contribution >= 4 is 21.6 Å². The number of benzene rings is 1. The maximum atomic E-state index is 12.1. The van der Waals surface area contributed by atoms with E-state index in [-0.39, 0.29) is 10.8 Å². The lowest BCUT2D eigenvalue weighted by molar-refractivity contribution is -0.118. The number of carbonyl (C=O) groups is 1. The van der Waals surface area contributed by atoms with Gasteiger partial charge in [-0.05, 0) is 50.6 Å². The van der Waals surface area contributed by atoms with E-state index in [9.17, 15) is 13.2 Å². The summed E-state index contributed by atoms with van der Waals surface area (Å²) >= 11 is 0. The molecule has 2 rings (SSSR count). The molecule has 1 amide bonds. The molecule has 1 aromatic rings. The van der Waals surface area contributed by atoms with Crippen molar-refractivity contribution in [3.05, 3.63) is 24.3 Å². The average Bonchev–Trinajstić information content (AvgIpc) is 2.50. The Morgan fingerprint density at radius 1 is 1.26 bits per heavy atom. The first-order chi connectivity index (χ1) is 10.8. The molecule has 23 heavy (non-hydrogen) atoms. The van der Waals surface area contributed by atoms with Gasteiger partial charge in [0.1, 0.15) is 0 Å². The van der Waals surface area contributed by atoms with Crippen LogP contribution in [0.15, 0.2) is 29.2 Å². The second-order valence-corrected chi connectivity index (χ2v) is 8.33. The van der Waals surface area contributed by atoms with E-state index in [0.717, 1.165) is 19.4 Å². The first-order valence-corrected chi connectivity index (χ1v) is 9.31. The minimum atomic E-state index is -3.44. The minimum Gasteiger partial charge on any atom is -0.325 e. The van der Waals surface area contributed by atoms with Crippen molar-refractivity contribution in [3.8, 4) is 0 Å². The molecule has 1 N–H and O–H groups in total. The van der Waals surface area contributed by atoms with Gasteiger partial charge in [-0.3, -0.25) is 9.69 Å². The summed E-state index contributed by atoms with van der Waals surface area (Å²) in [6.07, 6.45) is 3.49. The molecular formula is C16H25N3O3S. The molecule has 0 unspecified atom stereocenters. The molecule has 128 valence electrons. The summed E-state index contributed by atoms with van der Waals surface area (Å²) in [7, 11) is -0.458. The van der Waals surface area contributed by atoms with Crippen molar-refractivity contribution in [1.29, 1.82) is 0 Å². The molecule has 0 aromatic heterocycles. The summed E-state index contributed by atoms with van der Waals surface area (Å²) in [6, 6.07) is 6.69. The number of rotatable bonds is 5. The maximum absolute atomic E-state index is 12.1. The molecule has 1 saturated heterocycles. The van der Waals surface area contributed by atoms with E-state index in [4.69, 9.17) is 0 Å². The number of likely N-dealkylation sites (tertiary alicyclic amines) is 1. The molecule has 7 heteroatoms. The fraction of sp³-hybridized carbons (Fsp3) is 0.562. The van der Waals surface area contributed by atoms with Gasteiger partial charge in [-0.25, -0.2) is 12.7 Å². The van der Waals surface area contributed by atoms with E-state index < -0.39 is 10.0 Å². The zero-order valence-electron chi connectivity index (χ0n) is 13.9. The lowest BCUT2D eigenvalue weighted by atomic mass is 10.0. The molecular weight excluding hydrogens is 314 g/mol. The lowest BCUT2D eigenvalue weighted by Gasteiger charge is -2.32. The number of hydrogen-bond donors (Lipinski definition) is 1. The van der Waals surface area contributed by atoms with Gasteiger partial charge < -0.3 is 5.32 Å². The number of nitrogens with one attached hydrogen (secondary N) is 1. The third-order valence-electron chi connectivity index (χ3n) is 4.20. The highest BCUT2D eigenvalue weighted by Gasteiger charge is 2.21. The molecule has 1 aliphatic rings. The third kappa shape index (κ3) is 4.53. The largest absolute Gasteiger partial charge is 0.325 e. The van der Waals surface area contributed by atoms with E-state index in [0.29, 0.717) is 18.3 Å². The van der Waals surface area contributed by atoms with Crippen molar-refractivity contribution in [2.45, 2.75) is 37.1 Å². The predicted octanol–water partition coefficient (Wildman–Crippen LogP) is 1.75. The van der Waals surface area contributed by atoms with Gasteiger partial charge in [0.25, 0.3) is 0 Å². The van der Waals surface area contributed by atoms with Crippen LogP contribution in [0.3, 0.4) is 0 Å². The van der Waals surface area contributed by atoms with Crippen LogP contribution >= 0.6 is 0 Å². The standard InChI is InChI=1S/C16H25N3O3S/c1-13-6-4-5-11-19(13)12-16(20)17-14-7-9-15(10-8-14)23(21,22)18(2)3/h7-10,13H,4-6,11-12H2,1-3H3,(H,17,20)/t13-/m0/s1. The van der Waals surface area contributed by atoms with Crippen molar-refractivity contribution in [2.75, 3.05) is 32.5 Å². The van der Waals surface area contributed by atoms with Crippen molar-refractivity contribution in [1.82, 2.24) is 9.21 Å². The number of anilines is 1. The molecule has 1 fully saturated rings. The van der Waals surface area contributed by atoms with Gasteiger partial charge in [0, 0.05) is 25.8 Å². The maximum Gasteiger partial charge on any atom is 0.242 e. The van der Waals surface area contributed by atoms with Crippen LogP contribution in [0, 0.1) is 0 Å². The number of nitrogens with zero attached hydrogens (tertiary/aromatic N) is 2. The Morgan fingerprint density at radius 2 is 1.91 bits per heavy atom. The Balaban J connectivity index is 1.97. The van der Waals surface area contributed by atoms with Crippen molar-refractivity contribution in [2.24, 2.45) is 0 Å². The molecule has 6 nitrogen and oxygen atoms in total. The second-order valence-electron chi connectivity index (χ2n) is 6.18. The van der Waals surface area contributed by atoms with E-state index >= 15 is 0 Å². The molecule has 1 atom stereocenters. The van der Waals surface area contributed by atoms with Gasteiger partial charge in [0.15, 0.2) is 0 Å². The Kier molecular flexibility index (Phi) is 5.78. The molecule has 0 aliphatic carbocycles. The SMILES string of the molecule is C[C@H]1CCCCN1CC(=O)Nc1ccc(S(=O)(=O)N(C)C)cc1. The normalized spacial score (nSPS) is 19.7. The number of hydrogen-bond acceptors (Lipinski definition) is 4. The average molecular weight is 339 g/mol. The molecule has 0 spiro atoms. The number of amides is 1. The Hall–Kier alpha value is -1.44. The smallest absolute Gasteiger partial charge is 0.242 e. The molecule has 0 bridgehead atoms. The topological polar surface area (TPSA) is 69.7 Å². The zero-order chi connectivity index (χ0) is 17.0. The second kappa shape index (κ2) is 7.42. The summed E-state index contributed by atoms with van der Waals surface area (Å²) in [5.41, 5.74) is 0.609. The van der Waals surface area contributed by atoms with Crippen LogP contribution in [0.5, 0.6) is 0 Å². The molecule has 1 aliphatic heterocycles. The van der Waals surface area contributed by atoms with E-state index in [2.05, 4.69) is 17.1 Å². The summed E-state index contributed by atoms with van der Waals surface area (Å²) in [5.74, 6) is -0.0676. The number of carbonyl (C=O) groups excluding carboxylic acids is 1. The van der Waals surface area contributed by atoms with Gasteiger partial charge in [0.2, 0.25) is 15.9 Å². The van der Waals surface area contributed by atoms with Crippen molar-refractivity contribution in [3.63, 3.8) is 0 Å². The molecule has 1 heterocycles. The van der Waals surface area contributed by atoms with E-state index in [1.54, 1.807) is 12.1 Å². The van der Waals surface area contributed by atoms with Crippen LogP contribution in [-0.2, 0) is 14.8 Å². The predicted molar refractivity (Wildman–Crippen MR) is 90.8 cm³/mol. The third-order valence-corrected chi connectivity index (χ3v) is 6.03. The van der Waals surface area contributed by atoms with Crippen LogP contribution in [0.1, 0.15) is 26.2 Å². The summed E-state index contributed by atoms with van der Waals surface area (Å²) < 4.78 is 25.2. The molecule has 0 radical (unpaired) electrons. The summed E-state index contributed by atoms with van der Waals surface area (Å²) in [6.45, 7) is 3.47. The summed E-state index contributed by atoms with van der Waals surface area (Å²) in [5, 5.41) is 2.83. The van der Waals surface area contributed by atoms with Crippen LogP contribution in [0.2, 0.25) is 0 Å². The zero-order valence-corrected chi connectivity index (χ0v) is 14.8. The molecule has 1 aromatic carbocycles. The van der Waals surface area contributed by atoms with Crippen LogP contribution in [0.4, 0.5) is 5.69 Å². The Morgan fingerprint density at radius 3 is 2.48 bits per heavy atom. The highest BCUT2D eigenvalue weighted by atomic mass is 32.2. The highest BCUT2D eigenvalue weighted by molar-refractivity contribution is 7.89. The quantitative estimate of drug-likeness (QED) is 0.887. The first kappa shape index (κ1) is 17.9. The Labute approximate surface area is 138 Å². The van der Waals surface area contributed by atoms with Crippen LogP contribution in [-0.4, -0.2) is 56.8 Å². The number of sulfonamides is 1. The van der Waals surface area contributed by atoms with Crippen molar-refractivity contribution < 1.29 is 13.2 Å². The van der Waals surface area contributed by atoms with Gasteiger partial charge in [0.05, 0.1) is 11.4 Å². The van der Waals surface area contributed by atoms with Gasteiger partial charge in [-0.2, -0.15) is 0 Å². The fourth-order valence-electron chi connectivity index (χ4n) is 2.70. The van der Waals surface area contributed by atoms with Gasteiger partial charge in [-0.15, -0.1) is 0 Å². The lowest BCUT2D eigenvalue weighted by Crippen LogP contribution is -2.42. The highest BCUT2D eigenvalue weighted by Crippen LogP contribution is 2.18. The molecule has 0 saturated carbocycles. The summed E-state index contributed by atoms with van der Waals surface area (Å²) in [4.78, 5) is 14.5. The fourth-order valence-corrected chi connectivity index (χ4v) is 3.60. The monoisotopic (exact) mass is 339 g/mol. The van der Waals surface area contributed by atoms with Gasteiger partial charge in [-0.1, -0.05) is 6.42 Å². The van der Waals surface area contributed by atoms with E-state index in [1.807, 2.05) is 0 Å². The van der Waals surface area contributed by atoms with Crippen LogP contribution in [0.25, 0.3) is 0 Å². The van der Waals surface area contributed by atoms with E-state index in [1.165, 1.54) is 37.0 Å². The minimum absolute atomic E-state index is 0.0676. The van der Waals surface area contributed by atoms with Crippen LogP contribution < -0.4 is 5.32 Å². The number of piperidine rings is 1. The Bertz CT molecular complexity index is 641. The first-order valence-electron chi connectivity index (χ1n) is 7.87. The van der Waals surface area contributed by atoms with Gasteiger partial charge >= 0.3 is 0 Å².